The normalized spacial score (nSPS) is 10.4. The summed E-state index contributed by atoms with van der Waals surface area (Å²) >= 11 is 0. The number of carbonyl (C=O) groups excluding carboxylic acids is 1. The Balaban J connectivity index is 2.22. The van der Waals surface area contributed by atoms with E-state index in [0.717, 1.165) is 11.4 Å². The van der Waals surface area contributed by atoms with Crippen molar-refractivity contribution in [3.63, 3.8) is 0 Å². The maximum atomic E-state index is 13.0. The molecule has 0 amide bonds. The molecular weight excluding hydrogens is 229 g/mol. The number of carbonyl (C=O) groups is 1. The highest BCUT2D eigenvalue weighted by Gasteiger charge is 2.09. The fourth-order valence-corrected chi connectivity index (χ4v) is 1.93. The van der Waals surface area contributed by atoms with Crippen LogP contribution in [-0.4, -0.2) is 10.8 Å². The first-order chi connectivity index (χ1) is 8.54. The maximum absolute atomic E-state index is 13.0. The van der Waals surface area contributed by atoms with Gasteiger partial charge < -0.3 is 0 Å². The minimum Gasteiger partial charge on any atom is -0.294 e. The average Bonchev–Trinajstić information content (AvgIpc) is 2.27. The number of hydrogen-bond donors (Lipinski definition) is 0. The Labute approximate surface area is 105 Å². The molecule has 0 N–H and O–H groups in total. The first-order valence-electron chi connectivity index (χ1n) is 5.77. The predicted molar refractivity (Wildman–Crippen MR) is 68.1 cm³/mol. The molecule has 0 saturated heterocycles. The third-order valence-electron chi connectivity index (χ3n) is 2.66. The lowest BCUT2D eigenvalue weighted by Crippen LogP contribution is -2.05. The van der Waals surface area contributed by atoms with Gasteiger partial charge in [0.1, 0.15) is 5.82 Å². The molecule has 2 nitrogen and oxygen atoms in total. The van der Waals surface area contributed by atoms with Crippen molar-refractivity contribution < 1.29 is 9.18 Å². The standard InChI is InChI=1S/C15H14FNO/c1-10-6-13(7-11(2)17-10)15(18)9-12-4-3-5-14(16)8-12/h3-8H,9H2,1-2H3. The fraction of sp³-hybridized carbons (Fsp3) is 0.200. The van der Waals surface area contributed by atoms with Crippen molar-refractivity contribution in [3.05, 3.63) is 64.7 Å². The first kappa shape index (κ1) is 12.4. The Bertz CT molecular complexity index is 573. The summed E-state index contributed by atoms with van der Waals surface area (Å²) in [4.78, 5) is 16.3. The summed E-state index contributed by atoms with van der Waals surface area (Å²) in [5.41, 5.74) is 2.95. The molecule has 0 bridgehead atoms. The van der Waals surface area contributed by atoms with E-state index in [1.165, 1.54) is 12.1 Å². The van der Waals surface area contributed by atoms with Crippen molar-refractivity contribution in [1.82, 2.24) is 4.98 Å². The highest BCUT2D eigenvalue weighted by molar-refractivity contribution is 5.97. The van der Waals surface area contributed by atoms with E-state index in [0.29, 0.717) is 11.1 Å². The fourth-order valence-electron chi connectivity index (χ4n) is 1.93. The average molecular weight is 243 g/mol. The molecule has 3 heteroatoms. The van der Waals surface area contributed by atoms with Crippen molar-refractivity contribution in [3.8, 4) is 0 Å². The van der Waals surface area contributed by atoms with Gasteiger partial charge in [-0.05, 0) is 43.7 Å². The molecule has 0 aliphatic rings. The van der Waals surface area contributed by atoms with E-state index in [2.05, 4.69) is 4.98 Å². The monoisotopic (exact) mass is 243 g/mol. The van der Waals surface area contributed by atoms with Gasteiger partial charge in [0, 0.05) is 23.4 Å². The molecule has 0 saturated carbocycles. The molecular formula is C15H14FNO. The van der Waals surface area contributed by atoms with Crippen LogP contribution in [-0.2, 0) is 6.42 Å². The van der Waals surface area contributed by atoms with E-state index < -0.39 is 0 Å². The SMILES string of the molecule is Cc1cc(C(=O)Cc2cccc(F)c2)cc(C)n1. The molecule has 2 aromatic rings. The van der Waals surface area contributed by atoms with Crippen molar-refractivity contribution in [2.75, 3.05) is 0 Å². The van der Waals surface area contributed by atoms with E-state index in [-0.39, 0.29) is 18.0 Å². The van der Waals surface area contributed by atoms with E-state index in [9.17, 15) is 9.18 Å². The zero-order valence-electron chi connectivity index (χ0n) is 10.4. The number of aryl methyl sites for hydroxylation is 2. The smallest absolute Gasteiger partial charge is 0.167 e. The van der Waals surface area contributed by atoms with Crippen LogP contribution < -0.4 is 0 Å². The number of rotatable bonds is 3. The Kier molecular flexibility index (Phi) is 3.51. The number of ketones is 1. The summed E-state index contributed by atoms with van der Waals surface area (Å²) in [7, 11) is 0. The Morgan fingerprint density at radius 2 is 1.83 bits per heavy atom. The summed E-state index contributed by atoms with van der Waals surface area (Å²) in [6.07, 6.45) is 0.209. The topological polar surface area (TPSA) is 30.0 Å². The number of pyridine rings is 1. The van der Waals surface area contributed by atoms with Crippen LogP contribution in [0.5, 0.6) is 0 Å². The zero-order valence-corrected chi connectivity index (χ0v) is 10.4. The second-order valence-corrected chi connectivity index (χ2v) is 4.37. The van der Waals surface area contributed by atoms with E-state index >= 15 is 0 Å². The molecule has 1 aromatic heterocycles. The molecule has 2 rings (SSSR count). The molecule has 92 valence electrons. The minimum atomic E-state index is -0.317. The second kappa shape index (κ2) is 5.08. The molecule has 0 fully saturated rings. The Morgan fingerprint density at radius 3 is 2.44 bits per heavy atom. The Morgan fingerprint density at radius 1 is 1.17 bits per heavy atom. The van der Waals surface area contributed by atoms with E-state index in [4.69, 9.17) is 0 Å². The van der Waals surface area contributed by atoms with Crippen LogP contribution >= 0.6 is 0 Å². The number of Topliss-reactive ketones (excluding diaryl/α,β-unsaturated/α-hetero) is 1. The van der Waals surface area contributed by atoms with Crippen LogP contribution in [0.25, 0.3) is 0 Å². The van der Waals surface area contributed by atoms with Crippen LogP contribution in [0, 0.1) is 19.7 Å². The molecule has 1 heterocycles. The van der Waals surface area contributed by atoms with Crippen LogP contribution in [0.15, 0.2) is 36.4 Å². The van der Waals surface area contributed by atoms with Gasteiger partial charge in [-0.1, -0.05) is 12.1 Å². The number of nitrogens with zero attached hydrogens (tertiary/aromatic N) is 1. The van der Waals surface area contributed by atoms with Crippen molar-refractivity contribution in [2.45, 2.75) is 20.3 Å². The van der Waals surface area contributed by atoms with Crippen molar-refractivity contribution in [2.24, 2.45) is 0 Å². The lowest BCUT2D eigenvalue weighted by atomic mass is 10.0. The first-order valence-corrected chi connectivity index (χ1v) is 5.77. The molecule has 18 heavy (non-hydrogen) atoms. The molecule has 0 atom stereocenters. The van der Waals surface area contributed by atoms with Gasteiger partial charge in [-0.25, -0.2) is 4.39 Å². The minimum absolute atomic E-state index is 0.0193. The Hall–Kier alpha value is -2.03. The van der Waals surface area contributed by atoms with Gasteiger partial charge in [0.05, 0.1) is 0 Å². The van der Waals surface area contributed by atoms with Crippen LogP contribution in [0.2, 0.25) is 0 Å². The molecule has 0 unspecified atom stereocenters. The number of hydrogen-bond acceptors (Lipinski definition) is 2. The largest absolute Gasteiger partial charge is 0.294 e. The van der Waals surface area contributed by atoms with Gasteiger partial charge in [0.2, 0.25) is 0 Å². The molecule has 0 spiro atoms. The predicted octanol–water partition coefficient (Wildman–Crippen LogP) is 3.26. The molecule has 0 aliphatic carbocycles. The van der Waals surface area contributed by atoms with Crippen LogP contribution in [0.4, 0.5) is 4.39 Å². The maximum Gasteiger partial charge on any atom is 0.167 e. The number of benzene rings is 1. The summed E-state index contributed by atoms with van der Waals surface area (Å²) in [5.74, 6) is -0.336. The lowest BCUT2D eigenvalue weighted by molar-refractivity contribution is 0.0992. The van der Waals surface area contributed by atoms with Crippen molar-refractivity contribution in [1.29, 1.82) is 0 Å². The van der Waals surface area contributed by atoms with Crippen LogP contribution in [0.3, 0.4) is 0 Å². The summed E-state index contributed by atoms with van der Waals surface area (Å²) in [5, 5.41) is 0. The van der Waals surface area contributed by atoms with E-state index in [1.807, 2.05) is 13.8 Å². The van der Waals surface area contributed by atoms with Crippen molar-refractivity contribution >= 4 is 5.78 Å². The van der Waals surface area contributed by atoms with Gasteiger partial charge in [0.25, 0.3) is 0 Å². The molecule has 1 aromatic carbocycles. The summed E-state index contributed by atoms with van der Waals surface area (Å²) < 4.78 is 13.0. The van der Waals surface area contributed by atoms with Gasteiger partial charge >= 0.3 is 0 Å². The third-order valence-corrected chi connectivity index (χ3v) is 2.66. The number of aromatic nitrogens is 1. The van der Waals surface area contributed by atoms with Gasteiger partial charge in [-0.15, -0.1) is 0 Å². The van der Waals surface area contributed by atoms with Gasteiger partial charge in [-0.3, -0.25) is 9.78 Å². The quantitative estimate of drug-likeness (QED) is 0.774. The van der Waals surface area contributed by atoms with Gasteiger partial charge in [-0.2, -0.15) is 0 Å². The van der Waals surface area contributed by atoms with Gasteiger partial charge in [0.15, 0.2) is 5.78 Å². The lowest BCUT2D eigenvalue weighted by Gasteiger charge is -2.04. The molecule has 0 aliphatic heterocycles. The zero-order chi connectivity index (χ0) is 13.1. The van der Waals surface area contributed by atoms with Crippen LogP contribution in [0.1, 0.15) is 27.3 Å². The summed E-state index contributed by atoms with van der Waals surface area (Å²) in [6, 6.07) is 9.64. The second-order valence-electron chi connectivity index (χ2n) is 4.37. The van der Waals surface area contributed by atoms with E-state index in [1.54, 1.807) is 24.3 Å². The summed E-state index contributed by atoms with van der Waals surface area (Å²) in [6.45, 7) is 3.71. The molecule has 0 radical (unpaired) electrons. The highest BCUT2D eigenvalue weighted by atomic mass is 19.1. The highest BCUT2D eigenvalue weighted by Crippen LogP contribution is 2.11. The third kappa shape index (κ3) is 3.00. The number of halogens is 1.